The van der Waals surface area contributed by atoms with Crippen molar-refractivity contribution < 1.29 is 0 Å². The van der Waals surface area contributed by atoms with Crippen molar-refractivity contribution in [2.24, 2.45) is 0 Å². The van der Waals surface area contributed by atoms with Crippen LogP contribution in [0.15, 0.2) is 59.5 Å². The van der Waals surface area contributed by atoms with E-state index in [1.165, 1.54) is 17.0 Å². The predicted octanol–water partition coefficient (Wildman–Crippen LogP) is 3.01. The van der Waals surface area contributed by atoms with Gasteiger partial charge in [0.15, 0.2) is 0 Å². The maximum Gasteiger partial charge on any atom is 0.0455 e. The third-order valence-corrected chi connectivity index (χ3v) is 1.92. The van der Waals surface area contributed by atoms with Gasteiger partial charge in [0.2, 0.25) is 0 Å². The summed E-state index contributed by atoms with van der Waals surface area (Å²) in [5.41, 5.74) is 3.61. The van der Waals surface area contributed by atoms with E-state index >= 15 is 0 Å². The average molecular weight is 238 g/mol. The van der Waals surface area contributed by atoms with Crippen LogP contribution in [0.1, 0.15) is 6.92 Å². The molecule has 2 heteroatoms. The SMILES string of the molecule is Br.CC1=CC=C2C=CC=CC=C2N1. The van der Waals surface area contributed by atoms with Crippen LogP contribution in [-0.2, 0) is 0 Å². The molecule has 0 spiro atoms. The number of nitrogens with one attached hydrogen (secondary N) is 1. The molecule has 1 aliphatic heterocycles. The zero-order chi connectivity index (χ0) is 8.39. The van der Waals surface area contributed by atoms with Gasteiger partial charge in [0, 0.05) is 11.4 Å². The molecule has 0 bridgehead atoms. The summed E-state index contributed by atoms with van der Waals surface area (Å²) < 4.78 is 0. The molecule has 0 amide bonds. The number of fused-ring (bicyclic) bond motifs is 1. The van der Waals surface area contributed by atoms with Gasteiger partial charge in [-0.05, 0) is 24.6 Å². The molecular weight excluding hydrogens is 226 g/mol. The molecule has 2 aliphatic rings. The second-order valence-corrected chi connectivity index (χ2v) is 2.92. The van der Waals surface area contributed by atoms with Crippen molar-refractivity contribution in [3.05, 3.63) is 59.5 Å². The van der Waals surface area contributed by atoms with Crippen LogP contribution < -0.4 is 5.32 Å². The summed E-state index contributed by atoms with van der Waals surface area (Å²) in [6.07, 6.45) is 14.5. The van der Waals surface area contributed by atoms with Gasteiger partial charge in [0.25, 0.3) is 0 Å². The van der Waals surface area contributed by atoms with Crippen molar-refractivity contribution in [1.29, 1.82) is 0 Å². The minimum Gasteiger partial charge on any atom is -0.359 e. The average Bonchev–Trinajstić information content (AvgIpc) is 2.28. The predicted molar refractivity (Wildman–Crippen MR) is 61.7 cm³/mol. The first-order valence-corrected chi connectivity index (χ1v) is 4.07. The van der Waals surface area contributed by atoms with Crippen molar-refractivity contribution in [3.8, 4) is 0 Å². The Balaban J connectivity index is 0.000000845. The lowest BCUT2D eigenvalue weighted by Gasteiger charge is -2.15. The molecule has 1 heterocycles. The number of hydrogen-bond donors (Lipinski definition) is 1. The smallest absolute Gasteiger partial charge is 0.0455 e. The molecule has 1 nitrogen and oxygen atoms in total. The number of halogens is 1. The number of rotatable bonds is 0. The third-order valence-electron chi connectivity index (χ3n) is 1.92. The Kier molecular flexibility index (Phi) is 3.32. The van der Waals surface area contributed by atoms with E-state index in [1.807, 2.05) is 18.2 Å². The molecule has 0 saturated heterocycles. The van der Waals surface area contributed by atoms with E-state index in [-0.39, 0.29) is 17.0 Å². The zero-order valence-corrected chi connectivity index (χ0v) is 9.16. The normalized spacial score (nSPS) is 18.4. The van der Waals surface area contributed by atoms with Crippen LogP contribution in [0.4, 0.5) is 0 Å². The number of hydrogen-bond acceptors (Lipinski definition) is 1. The van der Waals surface area contributed by atoms with Crippen LogP contribution in [0, 0.1) is 0 Å². The highest BCUT2D eigenvalue weighted by Gasteiger charge is 2.05. The third kappa shape index (κ3) is 2.22. The van der Waals surface area contributed by atoms with Gasteiger partial charge in [-0.1, -0.05) is 30.4 Å². The van der Waals surface area contributed by atoms with Crippen molar-refractivity contribution in [2.45, 2.75) is 6.92 Å². The summed E-state index contributed by atoms with van der Waals surface area (Å²) in [6, 6.07) is 0. The Bertz CT molecular complexity index is 343. The highest BCUT2D eigenvalue weighted by Crippen LogP contribution is 2.17. The number of dihydropyridines is 1. The molecule has 0 atom stereocenters. The fraction of sp³-hybridized carbons (Fsp3) is 0.0909. The summed E-state index contributed by atoms with van der Waals surface area (Å²) in [4.78, 5) is 0. The van der Waals surface area contributed by atoms with Crippen molar-refractivity contribution in [2.75, 3.05) is 0 Å². The molecule has 0 radical (unpaired) electrons. The lowest BCUT2D eigenvalue weighted by molar-refractivity contribution is 0.972. The van der Waals surface area contributed by atoms with Crippen molar-refractivity contribution >= 4 is 17.0 Å². The first-order valence-electron chi connectivity index (χ1n) is 4.07. The monoisotopic (exact) mass is 237 g/mol. The minimum absolute atomic E-state index is 0. The first kappa shape index (κ1) is 10.1. The van der Waals surface area contributed by atoms with Crippen LogP contribution in [-0.4, -0.2) is 0 Å². The van der Waals surface area contributed by atoms with Gasteiger partial charge < -0.3 is 5.32 Å². The summed E-state index contributed by atoms with van der Waals surface area (Å²) in [7, 11) is 0. The maximum absolute atomic E-state index is 3.31. The second kappa shape index (κ2) is 4.28. The fourth-order valence-corrected chi connectivity index (χ4v) is 1.29. The van der Waals surface area contributed by atoms with E-state index in [0.29, 0.717) is 0 Å². The minimum atomic E-state index is 0. The highest BCUT2D eigenvalue weighted by molar-refractivity contribution is 8.93. The standard InChI is InChI=1S/C11H11N.BrH/c1-9-7-8-10-5-3-2-4-6-11(10)12-9;/h2-8,12H,1H3;1H. The molecule has 2 rings (SSSR count). The zero-order valence-electron chi connectivity index (χ0n) is 7.45. The Hall–Kier alpha value is -1.02. The van der Waals surface area contributed by atoms with E-state index in [0.717, 1.165) is 0 Å². The van der Waals surface area contributed by atoms with E-state index < -0.39 is 0 Å². The van der Waals surface area contributed by atoms with E-state index in [4.69, 9.17) is 0 Å². The second-order valence-electron chi connectivity index (χ2n) is 2.92. The molecule has 68 valence electrons. The Morgan fingerprint density at radius 1 is 1.00 bits per heavy atom. The molecule has 1 N–H and O–H groups in total. The van der Waals surface area contributed by atoms with E-state index in [2.05, 4.69) is 36.5 Å². The van der Waals surface area contributed by atoms with Gasteiger partial charge in [-0.15, -0.1) is 17.0 Å². The highest BCUT2D eigenvalue weighted by atomic mass is 79.9. The summed E-state index contributed by atoms with van der Waals surface area (Å²) in [5.74, 6) is 0. The van der Waals surface area contributed by atoms with Crippen LogP contribution in [0.2, 0.25) is 0 Å². The van der Waals surface area contributed by atoms with Gasteiger partial charge in [0.1, 0.15) is 0 Å². The van der Waals surface area contributed by atoms with Crippen LogP contribution in [0.5, 0.6) is 0 Å². The van der Waals surface area contributed by atoms with Gasteiger partial charge in [0.05, 0.1) is 0 Å². The van der Waals surface area contributed by atoms with Crippen LogP contribution in [0.3, 0.4) is 0 Å². The van der Waals surface area contributed by atoms with Crippen LogP contribution in [0.25, 0.3) is 0 Å². The molecule has 0 aromatic heterocycles. The molecule has 0 saturated carbocycles. The molecular formula is C11H12BrN. The number of allylic oxidation sites excluding steroid dienone is 8. The molecule has 13 heavy (non-hydrogen) atoms. The first-order chi connectivity index (χ1) is 5.86. The molecule has 1 aliphatic carbocycles. The van der Waals surface area contributed by atoms with Crippen LogP contribution >= 0.6 is 17.0 Å². The largest absolute Gasteiger partial charge is 0.359 e. The van der Waals surface area contributed by atoms with Crippen molar-refractivity contribution in [1.82, 2.24) is 5.32 Å². The fourth-order valence-electron chi connectivity index (χ4n) is 1.29. The Morgan fingerprint density at radius 3 is 2.69 bits per heavy atom. The lowest BCUT2D eigenvalue weighted by Crippen LogP contribution is -2.14. The van der Waals surface area contributed by atoms with Gasteiger partial charge in [-0.3, -0.25) is 0 Å². The quantitative estimate of drug-likeness (QED) is 0.684. The van der Waals surface area contributed by atoms with E-state index in [9.17, 15) is 0 Å². The molecule has 0 unspecified atom stereocenters. The summed E-state index contributed by atoms with van der Waals surface area (Å²) in [5, 5.41) is 3.31. The molecule has 0 aromatic carbocycles. The summed E-state index contributed by atoms with van der Waals surface area (Å²) >= 11 is 0. The van der Waals surface area contributed by atoms with Crippen molar-refractivity contribution in [3.63, 3.8) is 0 Å². The molecule has 0 fully saturated rings. The van der Waals surface area contributed by atoms with Gasteiger partial charge >= 0.3 is 0 Å². The van der Waals surface area contributed by atoms with Gasteiger partial charge in [-0.2, -0.15) is 0 Å². The summed E-state index contributed by atoms with van der Waals surface area (Å²) in [6.45, 7) is 2.06. The van der Waals surface area contributed by atoms with Gasteiger partial charge in [-0.25, -0.2) is 0 Å². The topological polar surface area (TPSA) is 12.0 Å². The Morgan fingerprint density at radius 2 is 1.85 bits per heavy atom. The lowest BCUT2D eigenvalue weighted by atomic mass is 10.1. The Labute approximate surface area is 89.0 Å². The van der Waals surface area contributed by atoms with E-state index in [1.54, 1.807) is 0 Å². The molecule has 0 aromatic rings. The maximum atomic E-state index is 3.31.